The third kappa shape index (κ3) is 4.83. The number of pyridine rings is 1. The molecule has 4 heteroatoms. The molecule has 0 aliphatic rings. The van der Waals surface area contributed by atoms with Crippen molar-refractivity contribution in [3.63, 3.8) is 0 Å². The minimum absolute atomic E-state index is 0.446. The lowest BCUT2D eigenvalue weighted by atomic mass is 10.0. The first-order valence-corrected chi connectivity index (χ1v) is 7.06. The van der Waals surface area contributed by atoms with Crippen LogP contribution < -0.4 is 10.5 Å². The standard InChI is InChI=1S/C14H23ClN2O/c1-3-5-6-11(4-2)10-18-14-13(15)7-12(8-16)9-17-14/h7,9,11H,3-6,8,10,16H2,1-2H3. The summed E-state index contributed by atoms with van der Waals surface area (Å²) in [5, 5.41) is 0.545. The topological polar surface area (TPSA) is 48.1 Å². The molecule has 3 nitrogen and oxygen atoms in total. The van der Waals surface area contributed by atoms with E-state index >= 15 is 0 Å². The molecular weight excluding hydrogens is 248 g/mol. The lowest BCUT2D eigenvalue weighted by Gasteiger charge is -2.15. The average Bonchev–Trinajstić information content (AvgIpc) is 2.40. The van der Waals surface area contributed by atoms with Gasteiger partial charge in [0.25, 0.3) is 0 Å². The van der Waals surface area contributed by atoms with Gasteiger partial charge in [0.15, 0.2) is 0 Å². The highest BCUT2D eigenvalue weighted by molar-refractivity contribution is 6.31. The van der Waals surface area contributed by atoms with Crippen LogP contribution in [0.3, 0.4) is 0 Å². The third-order valence-electron chi connectivity index (χ3n) is 3.10. The maximum Gasteiger partial charge on any atom is 0.232 e. The van der Waals surface area contributed by atoms with Crippen molar-refractivity contribution < 1.29 is 4.74 Å². The number of nitrogens with two attached hydrogens (primary N) is 1. The van der Waals surface area contributed by atoms with Crippen molar-refractivity contribution in [2.24, 2.45) is 11.7 Å². The molecule has 0 aromatic carbocycles. The Morgan fingerprint density at radius 3 is 2.78 bits per heavy atom. The fourth-order valence-corrected chi connectivity index (χ4v) is 2.02. The van der Waals surface area contributed by atoms with E-state index in [-0.39, 0.29) is 0 Å². The minimum atomic E-state index is 0.446. The predicted octanol–water partition coefficient (Wildman–Crippen LogP) is 3.79. The Balaban J connectivity index is 2.51. The second-order valence-corrected chi connectivity index (χ2v) is 4.97. The van der Waals surface area contributed by atoms with Crippen LogP contribution in [0.1, 0.15) is 45.1 Å². The van der Waals surface area contributed by atoms with Gasteiger partial charge >= 0.3 is 0 Å². The maximum absolute atomic E-state index is 6.10. The largest absolute Gasteiger partial charge is 0.476 e. The van der Waals surface area contributed by atoms with Gasteiger partial charge in [-0.3, -0.25) is 0 Å². The summed E-state index contributed by atoms with van der Waals surface area (Å²) < 4.78 is 5.70. The molecular formula is C14H23ClN2O. The minimum Gasteiger partial charge on any atom is -0.476 e. The molecule has 1 unspecified atom stereocenters. The van der Waals surface area contributed by atoms with E-state index in [9.17, 15) is 0 Å². The van der Waals surface area contributed by atoms with Gasteiger partial charge in [-0.05, 0) is 24.0 Å². The van der Waals surface area contributed by atoms with Gasteiger partial charge in [0, 0.05) is 12.7 Å². The van der Waals surface area contributed by atoms with Crippen molar-refractivity contribution in [3.8, 4) is 5.88 Å². The molecule has 1 heterocycles. The molecule has 2 N–H and O–H groups in total. The zero-order chi connectivity index (χ0) is 13.4. The van der Waals surface area contributed by atoms with E-state index in [0.717, 1.165) is 12.0 Å². The second kappa shape index (κ2) is 8.33. The summed E-state index contributed by atoms with van der Waals surface area (Å²) in [6.45, 7) is 5.53. The molecule has 102 valence electrons. The molecule has 0 aliphatic carbocycles. The molecule has 1 aromatic heterocycles. The third-order valence-corrected chi connectivity index (χ3v) is 3.37. The van der Waals surface area contributed by atoms with Crippen LogP contribution in [0.5, 0.6) is 5.88 Å². The SMILES string of the molecule is CCCCC(CC)COc1ncc(CN)cc1Cl. The quantitative estimate of drug-likeness (QED) is 0.782. The molecule has 1 rings (SSSR count). The first kappa shape index (κ1) is 15.3. The number of halogens is 1. The first-order chi connectivity index (χ1) is 8.71. The summed E-state index contributed by atoms with van der Waals surface area (Å²) in [7, 11) is 0. The van der Waals surface area contributed by atoms with Crippen LogP contribution in [0.15, 0.2) is 12.3 Å². The highest BCUT2D eigenvalue weighted by atomic mass is 35.5. The van der Waals surface area contributed by atoms with E-state index in [4.69, 9.17) is 22.1 Å². The highest BCUT2D eigenvalue weighted by Gasteiger charge is 2.10. The van der Waals surface area contributed by atoms with Crippen LogP contribution in [-0.2, 0) is 6.54 Å². The Bertz CT molecular complexity index is 358. The Morgan fingerprint density at radius 2 is 2.22 bits per heavy atom. The summed E-state index contributed by atoms with van der Waals surface area (Å²) in [5.41, 5.74) is 6.45. The van der Waals surface area contributed by atoms with Crippen LogP contribution >= 0.6 is 11.6 Å². The first-order valence-electron chi connectivity index (χ1n) is 6.68. The maximum atomic E-state index is 6.10. The van der Waals surface area contributed by atoms with Gasteiger partial charge in [0.05, 0.1) is 6.61 Å². The molecule has 1 atom stereocenters. The summed E-state index contributed by atoms with van der Waals surface area (Å²) in [6, 6.07) is 1.82. The Hall–Kier alpha value is -0.800. The smallest absolute Gasteiger partial charge is 0.232 e. The summed E-state index contributed by atoms with van der Waals surface area (Å²) in [5.74, 6) is 1.10. The number of hydrogen-bond donors (Lipinski definition) is 1. The average molecular weight is 271 g/mol. The number of rotatable bonds is 8. The van der Waals surface area contributed by atoms with Gasteiger partial charge in [0.2, 0.25) is 5.88 Å². The van der Waals surface area contributed by atoms with E-state index in [2.05, 4.69) is 18.8 Å². The molecule has 18 heavy (non-hydrogen) atoms. The molecule has 0 bridgehead atoms. The van der Waals surface area contributed by atoms with E-state index in [0.29, 0.717) is 30.0 Å². The fourth-order valence-electron chi connectivity index (χ4n) is 1.78. The number of hydrogen-bond acceptors (Lipinski definition) is 3. The molecule has 0 amide bonds. The van der Waals surface area contributed by atoms with Crippen molar-refractivity contribution in [1.82, 2.24) is 4.98 Å². The summed E-state index contributed by atoms with van der Waals surface area (Å²) in [4.78, 5) is 4.20. The van der Waals surface area contributed by atoms with Gasteiger partial charge in [-0.2, -0.15) is 0 Å². The van der Waals surface area contributed by atoms with Gasteiger partial charge in [-0.25, -0.2) is 4.98 Å². The molecule has 0 fully saturated rings. The zero-order valence-corrected chi connectivity index (χ0v) is 12.0. The van der Waals surface area contributed by atoms with Gasteiger partial charge in [-0.15, -0.1) is 0 Å². The van der Waals surface area contributed by atoms with Crippen LogP contribution in [0.25, 0.3) is 0 Å². The van der Waals surface area contributed by atoms with Crippen molar-refractivity contribution in [2.45, 2.75) is 46.1 Å². The molecule has 0 aliphatic heterocycles. The van der Waals surface area contributed by atoms with Gasteiger partial charge in [0.1, 0.15) is 5.02 Å². The van der Waals surface area contributed by atoms with Crippen LogP contribution in [-0.4, -0.2) is 11.6 Å². The van der Waals surface area contributed by atoms with Crippen molar-refractivity contribution in [2.75, 3.05) is 6.61 Å². The molecule has 1 aromatic rings. The van der Waals surface area contributed by atoms with E-state index in [1.807, 2.05) is 6.07 Å². The Labute approximate surface area is 115 Å². The number of ether oxygens (including phenoxy) is 1. The lowest BCUT2D eigenvalue weighted by molar-refractivity contribution is 0.226. The van der Waals surface area contributed by atoms with Crippen LogP contribution in [0.4, 0.5) is 0 Å². The van der Waals surface area contributed by atoms with Crippen molar-refractivity contribution in [3.05, 3.63) is 22.8 Å². The molecule has 0 radical (unpaired) electrons. The van der Waals surface area contributed by atoms with Crippen LogP contribution in [0, 0.1) is 5.92 Å². The van der Waals surface area contributed by atoms with E-state index in [1.54, 1.807) is 6.20 Å². The lowest BCUT2D eigenvalue weighted by Crippen LogP contribution is -2.12. The predicted molar refractivity (Wildman–Crippen MR) is 75.9 cm³/mol. The Morgan fingerprint density at radius 1 is 1.44 bits per heavy atom. The zero-order valence-electron chi connectivity index (χ0n) is 11.3. The van der Waals surface area contributed by atoms with Crippen molar-refractivity contribution in [1.29, 1.82) is 0 Å². The monoisotopic (exact) mass is 270 g/mol. The summed E-state index contributed by atoms with van der Waals surface area (Å²) >= 11 is 6.10. The summed E-state index contributed by atoms with van der Waals surface area (Å²) in [6.07, 6.45) is 6.51. The van der Waals surface area contributed by atoms with Gasteiger partial charge < -0.3 is 10.5 Å². The van der Waals surface area contributed by atoms with E-state index in [1.165, 1.54) is 19.3 Å². The number of nitrogens with zero attached hydrogens (tertiary/aromatic N) is 1. The Kier molecular flexibility index (Phi) is 7.06. The van der Waals surface area contributed by atoms with Crippen molar-refractivity contribution >= 4 is 11.6 Å². The number of unbranched alkanes of at least 4 members (excludes halogenated alkanes) is 1. The highest BCUT2D eigenvalue weighted by Crippen LogP contribution is 2.23. The molecule has 0 spiro atoms. The fraction of sp³-hybridized carbons (Fsp3) is 0.643. The molecule has 0 saturated carbocycles. The molecule has 0 saturated heterocycles. The van der Waals surface area contributed by atoms with E-state index < -0.39 is 0 Å². The normalized spacial score (nSPS) is 12.4. The number of aromatic nitrogens is 1. The second-order valence-electron chi connectivity index (χ2n) is 4.56. The van der Waals surface area contributed by atoms with Crippen LogP contribution in [0.2, 0.25) is 5.02 Å². The van der Waals surface area contributed by atoms with Gasteiger partial charge in [-0.1, -0.05) is 44.7 Å².